The molecule has 2 aliphatic rings. The van der Waals surface area contributed by atoms with Gasteiger partial charge in [0.1, 0.15) is 13.2 Å². The summed E-state index contributed by atoms with van der Waals surface area (Å²) in [5.74, 6) is 0.919. The Bertz CT molecular complexity index is 1070. The molecule has 1 fully saturated rings. The third kappa shape index (κ3) is 4.69. The van der Waals surface area contributed by atoms with Crippen molar-refractivity contribution in [1.82, 2.24) is 9.21 Å². The Hall–Kier alpha value is -2.20. The molecule has 0 radical (unpaired) electrons. The van der Waals surface area contributed by atoms with Gasteiger partial charge >= 0.3 is 0 Å². The van der Waals surface area contributed by atoms with Gasteiger partial charge in [0.15, 0.2) is 23.9 Å². The topological polar surface area (TPSA) is 85.4 Å². The second-order valence-electron chi connectivity index (χ2n) is 6.93. The number of fused-ring (bicyclic) bond motifs is 1. The van der Waals surface area contributed by atoms with Crippen LogP contribution in [0, 0.1) is 0 Å². The molecule has 0 N–H and O–H groups in total. The standard InChI is InChI=1S/C20H20Cl2N2O6S/c21-15-2-1-3-16(22)20(15)30-13-19(25)23-6-8-24(9-7-23)31(26,27)14-4-5-17-18(12-14)29-11-10-28-17/h1-5,12H,6-11,13H2. The van der Waals surface area contributed by atoms with Gasteiger partial charge < -0.3 is 19.1 Å². The molecule has 0 spiro atoms. The van der Waals surface area contributed by atoms with Crippen LogP contribution >= 0.6 is 23.2 Å². The third-order valence-electron chi connectivity index (χ3n) is 5.00. The summed E-state index contributed by atoms with van der Waals surface area (Å²) in [7, 11) is -3.72. The van der Waals surface area contributed by atoms with Crippen LogP contribution in [0.1, 0.15) is 0 Å². The van der Waals surface area contributed by atoms with Crippen LogP contribution in [0.25, 0.3) is 0 Å². The molecule has 1 saturated heterocycles. The van der Waals surface area contributed by atoms with Crippen LogP contribution in [0.2, 0.25) is 10.0 Å². The number of halogens is 2. The summed E-state index contributed by atoms with van der Waals surface area (Å²) >= 11 is 12.1. The van der Waals surface area contributed by atoms with Crippen molar-refractivity contribution < 1.29 is 27.4 Å². The Kier molecular flexibility index (Phi) is 6.47. The first kappa shape index (κ1) is 22.0. The molecule has 0 aromatic heterocycles. The number of nitrogens with zero attached hydrogens (tertiary/aromatic N) is 2. The molecule has 0 bridgehead atoms. The Morgan fingerprint density at radius 2 is 1.61 bits per heavy atom. The number of hydrogen-bond donors (Lipinski definition) is 0. The van der Waals surface area contributed by atoms with E-state index < -0.39 is 10.0 Å². The maximum Gasteiger partial charge on any atom is 0.260 e. The average molecular weight is 487 g/mol. The molecule has 31 heavy (non-hydrogen) atoms. The van der Waals surface area contributed by atoms with Gasteiger partial charge in [0, 0.05) is 32.2 Å². The molecule has 0 atom stereocenters. The molecule has 2 heterocycles. The van der Waals surface area contributed by atoms with Crippen molar-refractivity contribution in [2.45, 2.75) is 4.90 Å². The summed E-state index contributed by atoms with van der Waals surface area (Å²) in [5, 5.41) is 0.631. The van der Waals surface area contributed by atoms with Crippen LogP contribution in [0.15, 0.2) is 41.3 Å². The number of rotatable bonds is 5. The zero-order valence-corrected chi connectivity index (χ0v) is 18.8. The van der Waals surface area contributed by atoms with Crippen LogP contribution in [0.3, 0.4) is 0 Å². The second kappa shape index (κ2) is 9.12. The van der Waals surface area contributed by atoms with Gasteiger partial charge in [0.25, 0.3) is 5.91 Å². The minimum Gasteiger partial charge on any atom is -0.486 e. The maximum absolute atomic E-state index is 13.0. The van der Waals surface area contributed by atoms with Crippen LogP contribution in [0.4, 0.5) is 0 Å². The van der Waals surface area contributed by atoms with E-state index in [0.29, 0.717) is 34.8 Å². The molecule has 8 nitrogen and oxygen atoms in total. The minimum atomic E-state index is -3.72. The lowest BCUT2D eigenvalue weighted by Crippen LogP contribution is -2.51. The molecule has 2 aromatic rings. The van der Waals surface area contributed by atoms with E-state index in [9.17, 15) is 13.2 Å². The first-order valence-corrected chi connectivity index (χ1v) is 11.8. The van der Waals surface area contributed by atoms with Gasteiger partial charge in [0.2, 0.25) is 10.0 Å². The minimum absolute atomic E-state index is 0.133. The fourth-order valence-corrected chi connectivity index (χ4v) is 5.30. The molecular formula is C20H20Cl2N2O6S. The van der Waals surface area contributed by atoms with E-state index in [2.05, 4.69) is 0 Å². The van der Waals surface area contributed by atoms with E-state index in [4.69, 9.17) is 37.4 Å². The number of piperazine rings is 1. The predicted octanol–water partition coefficient (Wildman–Crippen LogP) is 2.68. The summed E-state index contributed by atoms with van der Waals surface area (Å²) in [6.45, 7) is 1.42. The smallest absolute Gasteiger partial charge is 0.260 e. The van der Waals surface area contributed by atoms with Crippen LogP contribution in [-0.2, 0) is 14.8 Å². The molecule has 11 heteroatoms. The molecule has 0 aliphatic carbocycles. The highest BCUT2D eigenvalue weighted by atomic mass is 35.5. The number of carbonyl (C=O) groups is 1. The number of amides is 1. The Labute approximate surface area is 190 Å². The van der Waals surface area contributed by atoms with Gasteiger partial charge in [-0.1, -0.05) is 29.3 Å². The first-order chi connectivity index (χ1) is 14.9. The number of sulfonamides is 1. The van der Waals surface area contributed by atoms with Crippen LogP contribution in [0.5, 0.6) is 17.2 Å². The van der Waals surface area contributed by atoms with Crippen molar-refractivity contribution in [3.05, 3.63) is 46.4 Å². The summed E-state index contributed by atoms with van der Waals surface area (Å²) in [6.07, 6.45) is 0. The lowest BCUT2D eigenvalue weighted by molar-refractivity contribution is -0.134. The van der Waals surface area contributed by atoms with Crippen molar-refractivity contribution in [3.8, 4) is 17.2 Å². The Morgan fingerprint density at radius 1 is 0.968 bits per heavy atom. The number of ether oxygens (including phenoxy) is 3. The van der Waals surface area contributed by atoms with Crippen molar-refractivity contribution in [3.63, 3.8) is 0 Å². The van der Waals surface area contributed by atoms with E-state index in [-0.39, 0.29) is 49.3 Å². The van der Waals surface area contributed by atoms with Gasteiger partial charge in [-0.2, -0.15) is 4.31 Å². The van der Waals surface area contributed by atoms with Gasteiger partial charge in [-0.05, 0) is 24.3 Å². The van der Waals surface area contributed by atoms with Gasteiger partial charge in [-0.15, -0.1) is 0 Å². The fourth-order valence-electron chi connectivity index (χ4n) is 3.36. The summed E-state index contributed by atoms with van der Waals surface area (Å²) in [5.41, 5.74) is 0. The second-order valence-corrected chi connectivity index (χ2v) is 9.68. The number of benzene rings is 2. The highest BCUT2D eigenvalue weighted by Crippen LogP contribution is 2.34. The van der Waals surface area contributed by atoms with E-state index in [1.54, 1.807) is 29.2 Å². The lowest BCUT2D eigenvalue weighted by Gasteiger charge is -2.34. The van der Waals surface area contributed by atoms with Crippen LogP contribution < -0.4 is 14.2 Å². The third-order valence-corrected chi connectivity index (χ3v) is 7.49. The maximum atomic E-state index is 13.0. The zero-order chi connectivity index (χ0) is 22.0. The SMILES string of the molecule is O=C(COc1c(Cl)cccc1Cl)N1CCN(S(=O)(=O)c2ccc3c(c2)OCCO3)CC1. The van der Waals surface area contributed by atoms with Gasteiger partial charge in [-0.3, -0.25) is 4.79 Å². The summed E-state index contributed by atoms with van der Waals surface area (Å²) in [6, 6.07) is 9.49. The van der Waals surface area contributed by atoms with Crippen molar-refractivity contribution in [2.75, 3.05) is 46.0 Å². The molecule has 166 valence electrons. The molecule has 0 saturated carbocycles. The number of carbonyl (C=O) groups excluding carboxylic acids is 1. The molecule has 0 unspecified atom stereocenters. The van der Waals surface area contributed by atoms with E-state index >= 15 is 0 Å². The van der Waals surface area contributed by atoms with Gasteiger partial charge in [-0.25, -0.2) is 8.42 Å². The zero-order valence-electron chi connectivity index (χ0n) is 16.4. The quantitative estimate of drug-likeness (QED) is 0.645. The monoisotopic (exact) mass is 486 g/mol. The van der Waals surface area contributed by atoms with Crippen LogP contribution in [-0.4, -0.2) is 69.5 Å². The van der Waals surface area contributed by atoms with E-state index in [0.717, 1.165) is 0 Å². The lowest BCUT2D eigenvalue weighted by atomic mass is 10.3. The molecule has 1 amide bonds. The largest absolute Gasteiger partial charge is 0.486 e. The fraction of sp³-hybridized carbons (Fsp3) is 0.350. The highest BCUT2D eigenvalue weighted by molar-refractivity contribution is 7.89. The summed E-state index contributed by atoms with van der Waals surface area (Å²) in [4.78, 5) is 14.2. The predicted molar refractivity (Wildman–Crippen MR) is 115 cm³/mol. The van der Waals surface area contributed by atoms with Crippen molar-refractivity contribution in [1.29, 1.82) is 0 Å². The molecule has 2 aliphatic heterocycles. The van der Waals surface area contributed by atoms with Crippen molar-refractivity contribution in [2.24, 2.45) is 0 Å². The van der Waals surface area contributed by atoms with E-state index in [1.807, 2.05) is 0 Å². The van der Waals surface area contributed by atoms with Gasteiger partial charge in [0.05, 0.1) is 14.9 Å². The van der Waals surface area contributed by atoms with E-state index in [1.165, 1.54) is 16.4 Å². The molecular weight excluding hydrogens is 467 g/mol. The molecule has 4 rings (SSSR count). The first-order valence-electron chi connectivity index (χ1n) is 9.60. The summed E-state index contributed by atoms with van der Waals surface area (Å²) < 4.78 is 43.8. The van der Waals surface area contributed by atoms with Crippen molar-refractivity contribution >= 4 is 39.1 Å². The Balaban J connectivity index is 1.36. The highest BCUT2D eigenvalue weighted by Gasteiger charge is 2.31. The average Bonchev–Trinajstić information content (AvgIpc) is 2.78. The molecule has 2 aromatic carbocycles. The Morgan fingerprint density at radius 3 is 2.29 bits per heavy atom. The normalized spacial score (nSPS) is 16.8. The number of hydrogen-bond acceptors (Lipinski definition) is 6. The number of para-hydroxylation sites is 1.